The maximum atomic E-state index is 13.4. The molecule has 2 aromatic carbocycles. The van der Waals surface area contributed by atoms with Crippen molar-refractivity contribution in [3.8, 4) is 0 Å². The van der Waals surface area contributed by atoms with E-state index in [0.717, 1.165) is 29.8 Å². The number of halogens is 1. The number of dihydropyridines is 1. The van der Waals surface area contributed by atoms with Crippen LogP contribution in [0.3, 0.4) is 0 Å². The molecule has 0 aromatic heterocycles. The molecule has 5 heteroatoms. The molecule has 0 saturated heterocycles. The Balaban J connectivity index is 1.79. The summed E-state index contributed by atoms with van der Waals surface area (Å²) in [4.78, 5) is 26.8. The molecule has 2 N–H and O–H groups in total. The summed E-state index contributed by atoms with van der Waals surface area (Å²) in [5.41, 5.74) is 5.35. The second-order valence-electron chi connectivity index (χ2n) is 9.49. The van der Waals surface area contributed by atoms with Gasteiger partial charge in [-0.05, 0) is 60.6 Å². The van der Waals surface area contributed by atoms with Gasteiger partial charge in [0.1, 0.15) is 5.82 Å². The summed E-state index contributed by atoms with van der Waals surface area (Å²) >= 11 is 0. The molecule has 0 radical (unpaired) electrons. The van der Waals surface area contributed by atoms with Crippen LogP contribution in [-0.2, 0) is 16.0 Å². The summed E-state index contributed by atoms with van der Waals surface area (Å²) in [7, 11) is 0. The number of allylic oxidation sites excluding steroid dienone is 3. The smallest absolute Gasteiger partial charge is 0.254 e. The average molecular weight is 433 g/mol. The number of rotatable bonds is 4. The molecule has 0 spiro atoms. The van der Waals surface area contributed by atoms with Gasteiger partial charge in [-0.3, -0.25) is 9.59 Å². The lowest BCUT2D eigenvalue weighted by Gasteiger charge is -2.39. The number of carbonyl (C=O) groups is 2. The number of carbonyl (C=O) groups excluding carboxylic acids is 2. The van der Waals surface area contributed by atoms with E-state index in [1.54, 1.807) is 0 Å². The summed E-state index contributed by atoms with van der Waals surface area (Å²) in [5.74, 6) is -1.03. The highest BCUT2D eigenvalue weighted by molar-refractivity contribution is 6.09. The van der Waals surface area contributed by atoms with Crippen LogP contribution < -0.4 is 10.6 Å². The minimum absolute atomic E-state index is 0.0768. The summed E-state index contributed by atoms with van der Waals surface area (Å²) in [6.07, 6.45) is 2.12. The van der Waals surface area contributed by atoms with E-state index >= 15 is 0 Å². The number of hydrogen-bond donors (Lipinski definition) is 2. The third-order valence-corrected chi connectivity index (χ3v) is 6.31. The van der Waals surface area contributed by atoms with E-state index in [2.05, 4.69) is 43.5 Å². The predicted octanol–water partition coefficient (Wildman–Crippen LogP) is 5.63. The van der Waals surface area contributed by atoms with E-state index in [0.29, 0.717) is 23.3 Å². The molecule has 1 heterocycles. The van der Waals surface area contributed by atoms with Crippen LogP contribution in [0.25, 0.3) is 0 Å². The summed E-state index contributed by atoms with van der Waals surface area (Å²) in [6, 6.07) is 13.8. The molecule has 1 aliphatic heterocycles. The first kappa shape index (κ1) is 22.0. The first-order valence-electron chi connectivity index (χ1n) is 11.1. The van der Waals surface area contributed by atoms with Gasteiger partial charge >= 0.3 is 0 Å². The van der Waals surface area contributed by atoms with Crippen LogP contribution in [0.15, 0.2) is 71.1 Å². The Bertz CT molecular complexity index is 1130. The first-order valence-corrected chi connectivity index (χ1v) is 11.1. The zero-order chi connectivity index (χ0) is 23.0. The standard InChI is InChI=1S/C27H29FN2O2/c1-5-17-6-8-18(9-7-17)24-23(26(32)30-20-12-10-19(28)11-13-20)16(2)29-21-14-27(3,4)15-22(31)25(21)24/h6-13,24,29H,5,14-15H2,1-4H3,(H,30,32). The monoisotopic (exact) mass is 432 g/mol. The van der Waals surface area contributed by atoms with Gasteiger partial charge in [0.25, 0.3) is 5.91 Å². The number of Topliss-reactive ketones (excluding diaryl/α,β-unsaturated/α-hetero) is 1. The van der Waals surface area contributed by atoms with Gasteiger partial charge < -0.3 is 10.6 Å². The van der Waals surface area contributed by atoms with Crippen LogP contribution in [0, 0.1) is 11.2 Å². The van der Waals surface area contributed by atoms with Crippen molar-refractivity contribution in [1.29, 1.82) is 0 Å². The van der Waals surface area contributed by atoms with Crippen LogP contribution in [0.4, 0.5) is 10.1 Å². The molecule has 4 rings (SSSR count). The Morgan fingerprint density at radius 1 is 1.09 bits per heavy atom. The van der Waals surface area contributed by atoms with Gasteiger partial charge in [-0.2, -0.15) is 0 Å². The van der Waals surface area contributed by atoms with Crippen molar-refractivity contribution in [2.75, 3.05) is 5.32 Å². The molecule has 166 valence electrons. The quantitative estimate of drug-likeness (QED) is 0.658. The first-order chi connectivity index (χ1) is 15.2. The van der Waals surface area contributed by atoms with Crippen molar-refractivity contribution >= 4 is 17.4 Å². The Hall–Kier alpha value is -3.21. The molecule has 0 saturated carbocycles. The van der Waals surface area contributed by atoms with Gasteiger partial charge in [0, 0.05) is 40.6 Å². The minimum Gasteiger partial charge on any atom is -0.362 e. The lowest BCUT2D eigenvalue weighted by molar-refractivity contribution is -0.118. The Labute approximate surface area is 188 Å². The number of hydrogen-bond acceptors (Lipinski definition) is 3. The molecule has 2 aliphatic rings. The molecule has 0 bridgehead atoms. The molecule has 2 aromatic rings. The van der Waals surface area contributed by atoms with Crippen LogP contribution in [0.5, 0.6) is 0 Å². The van der Waals surface area contributed by atoms with E-state index in [4.69, 9.17) is 0 Å². The second-order valence-corrected chi connectivity index (χ2v) is 9.49. The highest BCUT2D eigenvalue weighted by Gasteiger charge is 2.42. The van der Waals surface area contributed by atoms with Crippen molar-refractivity contribution in [3.63, 3.8) is 0 Å². The maximum Gasteiger partial charge on any atom is 0.254 e. The lowest BCUT2D eigenvalue weighted by atomic mass is 9.68. The number of benzene rings is 2. The highest BCUT2D eigenvalue weighted by atomic mass is 19.1. The van der Waals surface area contributed by atoms with Crippen molar-refractivity contribution in [1.82, 2.24) is 5.32 Å². The van der Waals surface area contributed by atoms with Gasteiger partial charge in [0.2, 0.25) is 0 Å². The fourth-order valence-electron chi connectivity index (χ4n) is 4.75. The van der Waals surface area contributed by atoms with Crippen LogP contribution in [0.2, 0.25) is 0 Å². The van der Waals surface area contributed by atoms with Crippen molar-refractivity contribution < 1.29 is 14.0 Å². The van der Waals surface area contributed by atoms with Gasteiger partial charge in [0.15, 0.2) is 5.78 Å². The topological polar surface area (TPSA) is 58.2 Å². The normalized spacial score (nSPS) is 20.0. The molecule has 1 unspecified atom stereocenters. The number of aryl methyl sites for hydroxylation is 1. The number of anilines is 1. The molecule has 4 nitrogen and oxygen atoms in total. The Morgan fingerprint density at radius 3 is 2.38 bits per heavy atom. The molecule has 0 fully saturated rings. The number of ketones is 1. The average Bonchev–Trinajstić information content (AvgIpc) is 2.73. The number of amides is 1. The molecular weight excluding hydrogens is 403 g/mol. The van der Waals surface area contributed by atoms with Gasteiger partial charge in [-0.1, -0.05) is 45.0 Å². The fraction of sp³-hybridized carbons (Fsp3) is 0.333. The zero-order valence-corrected chi connectivity index (χ0v) is 19.0. The summed E-state index contributed by atoms with van der Waals surface area (Å²) < 4.78 is 13.3. The van der Waals surface area contributed by atoms with E-state index in [1.807, 2.05) is 19.1 Å². The lowest BCUT2D eigenvalue weighted by Crippen LogP contribution is -2.39. The molecule has 1 aliphatic carbocycles. The summed E-state index contributed by atoms with van der Waals surface area (Å²) in [5, 5.41) is 6.25. The van der Waals surface area contributed by atoms with Crippen LogP contribution in [0.1, 0.15) is 57.6 Å². The largest absolute Gasteiger partial charge is 0.362 e. The predicted molar refractivity (Wildman–Crippen MR) is 124 cm³/mol. The zero-order valence-electron chi connectivity index (χ0n) is 19.0. The minimum atomic E-state index is -0.443. The Morgan fingerprint density at radius 2 is 1.75 bits per heavy atom. The molecular formula is C27H29FN2O2. The van der Waals surface area contributed by atoms with E-state index in [-0.39, 0.29) is 22.9 Å². The summed E-state index contributed by atoms with van der Waals surface area (Å²) in [6.45, 7) is 8.16. The van der Waals surface area contributed by atoms with Crippen LogP contribution in [-0.4, -0.2) is 11.7 Å². The Kier molecular flexibility index (Phi) is 5.76. The van der Waals surface area contributed by atoms with Crippen molar-refractivity contribution in [2.24, 2.45) is 5.41 Å². The SMILES string of the molecule is CCc1ccc(C2C(C(=O)Nc3ccc(F)cc3)=C(C)NC3=C2C(=O)CC(C)(C)C3)cc1. The van der Waals surface area contributed by atoms with Gasteiger partial charge in [-0.25, -0.2) is 4.39 Å². The van der Waals surface area contributed by atoms with Gasteiger partial charge in [-0.15, -0.1) is 0 Å². The highest BCUT2D eigenvalue weighted by Crippen LogP contribution is 2.46. The number of nitrogens with one attached hydrogen (secondary N) is 2. The van der Waals surface area contributed by atoms with E-state index in [9.17, 15) is 14.0 Å². The third-order valence-electron chi connectivity index (χ3n) is 6.31. The van der Waals surface area contributed by atoms with Crippen molar-refractivity contribution in [2.45, 2.75) is 52.9 Å². The third kappa shape index (κ3) is 4.24. The molecule has 1 amide bonds. The van der Waals surface area contributed by atoms with E-state index < -0.39 is 5.92 Å². The fourth-order valence-corrected chi connectivity index (χ4v) is 4.75. The molecule has 32 heavy (non-hydrogen) atoms. The van der Waals surface area contributed by atoms with Crippen LogP contribution >= 0.6 is 0 Å². The van der Waals surface area contributed by atoms with Crippen molar-refractivity contribution in [3.05, 3.63) is 88.0 Å². The molecule has 1 atom stereocenters. The van der Waals surface area contributed by atoms with E-state index in [1.165, 1.54) is 29.8 Å². The maximum absolute atomic E-state index is 13.4. The van der Waals surface area contributed by atoms with Gasteiger partial charge in [0.05, 0.1) is 0 Å². The second kappa shape index (κ2) is 8.38.